The molecule has 3 nitrogen and oxygen atoms in total. The zero-order valence-electron chi connectivity index (χ0n) is 6.93. The van der Waals surface area contributed by atoms with Crippen molar-refractivity contribution in [1.29, 1.82) is 0 Å². The van der Waals surface area contributed by atoms with Crippen molar-refractivity contribution in [3.05, 3.63) is 0 Å². The number of rotatable bonds is 4. The van der Waals surface area contributed by atoms with Crippen LogP contribution in [-0.2, 0) is 4.84 Å². The van der Waals surface area contributed by atoms with E-state index in [0.717, 1.165) is 17.4 Å². The number of hydrogen-bond donors (Lipinski definition) is 1. The maximum absolute atomic E-state index is 4.85. The standard InChI is InChI=1S/C6H17N2O.ClH/c1-8(2,3)5-4-6-9-7;/h4-7H2,1-3H3;1H/q+1;/p-1. The Balaban J connectivity index is 0. The molecule has 0 aliphatic heterocycles. The van der Waals surface area contributed by atoms with Gasteiger partial charge in [0.1, 0.15) is 0 Å². The third-order valence-electron chi connectivity index (χ3n) is 1.09. The maximum Gasteiger partial charge on any atom is 0.0803 e. The Morgan fingerprint density at radius 2 is 1.80 bits per heavy atom. The Morgan fingerprint density at radius 3 is 2.10 bits per heavy atom. The molecule has 0 aromatic rings. The molecule has 10 heavy (non-hydrogen) atoms. The third kappa shape index (κ3) is 11.0. The van der Waals surface area contributed by atoms with Crippen LogP contribution in [0.2, 0.25) is 0 Å². The van der Waals surface area contributed by atoms with Gasteiger partial charge in [0.05, 0.1) is 34.3 Å². The number of nitrogens with two attached hydrogens (primary N) is 1. The highest BCUT2D eigenvalue weighted by molar-refractivity contribution is 4.30. The van der Waals surface area contributed by atoms with Crippen molar-refractivity contribution in [2.45, 2.75) is 6.42 Å². The van der Waals surface area contributed by atoms with Crippen LogP contribution in [0.1, 0.15) is 6.42 Å². The van der Waals surface area contributed by atoms with Gasteiger partial charge >= 0.3 is 0 Å². The fourth-order valence-electron chi connectivity index (χ4n) is 0.622. The van der Waals surface area contributed by atoms with E-state index in [9.17, 15) is 0 Å². The minimum Gasteiger partial charge on any atom is -1.00 e. The SMILES string of the molecule is C[N+](C)(C)CCCON.[Cl-]. The molecule has 0 aliphatic carbocycles. The van der Waals surface area contributed by atoms with Gasteiger partial charge < -0.3 is 21.7 Å². The van der Waals surface area contributed by atoms with Crippen LogP contribution in [0.5, 0.6) is 0 Å². The number of halogens is 1. The minimum atomic E-state index is 0. The van der Waals surface area contributed by atoms with E-state index in [4.69, 9.17) is 5.90 Å². The molecule has 0 amide bonds. The first-order chi connectivity index (χ1) is 4.06. The molecule has 0 bridgehead atoms. The van der Waals surface area contributed by atoms with Crippen LogP contribution < -0.4 is 18.3 Å². The van der Waals surface area contributed by atoms with Gasteiger partial charge in [-0.25, -0.2) is 5.90 Å². The lowest BCUT2D eigenvalue weighted by Gasteiger charge is -2.23. The van der Waals surface area contributed by atoms with Crippen molar-refractivity contribution in [2.75, 3.05) is 34.3 Å². The second kappa shape index (κ2) is 5.92. The van der Waals surface area contributed by atoms with E-state index in [-0.39, 0.29) is 12.4 Å². The topological polar surface area (TPSA) is 35.2 Å². The molecule has 0 fully saturated rings. The lowest BCUT2D eigenvalue weighted by molar-refractivity contribution is -0.870. The Kier molecular flexibility index (Phi) is 7.58. The summed E-state index contributed by atoms with van der Waals surface area (Å²) in [4.78, 5) is 4.43. The molecule has 0 aromatic carbocycles. The van der Waals surface area contributed by atoms with Crippen molar-refractivity contribution >= 4 is 0 Å². The van der Waals surface area contributed by atoms with Crippen LogP contribution in [0, 0.1) is 0 Å². The fourth-order valence-corrected chi connectivity index (χ4v) is 0.622. The Labute approximate surface area is 69.1 Å². The fraction of sp³-hybridized carbons (Fsp3) is 1.00. The van der Waals surface area contributed by atoms with E-state index in [1.54, 1.807) is 0 Å². The van der Waals surface area contributed by atoms with Crippen molar-refractivity contribution in [1.82, 2.24) is 0 Å². The molecule has 0 aliphatic rings. The Bertz CT molecular complexity index is 72.6. The lowest BCUT2D eigenvalue weighted by Crippen LogP contribution is -3.00. The monoisotopic (exact) mass is 168 g/mol. The minimum absolute atomic E-state index is 0. The molecule has 2 N–H and O–H groups in total. The first-order valence-corrected chi connectivity index (χ1v) is 3.18. The summed E-state index contributed by atoms with van der Waals surface area (Å²) in [5.74, 6) is 4.85. The van der Waals surface area contributed by atoms with Crippen LogP contribution in [0.3, 0.4) is 0 Å². The van der Waals surface area contributed by atoms with Gasteiger partial charge in [-0.2, -0.15) is 0 Å². The summed E-state index contributed by atoms with van der Waals surface area (Å²) in [6, 6.07) is 0. The molecule has 0 radical (unpaired) electrons. The van der Waals surface area contributed by atoms with Gasteiger partial charge in [0.15, 0.2) is 0 Å². The molecule has 0 aromatic heterocycles. The second-order valence-electron chi connectivity index (χ2n) is 3.24. The molecule has 0 unspecified atom stereocenters. The smallest absolute Gasteiger partial charge is 0.0803 e. The molecule has 0 saturated heterocycles. The number of nitrogens with zero attached hydrogens (tertiary/aromatic N) is 1. The average molecular weight is 169 g/mol. The Hall–Kier alpha value is 0.170. The van der Waals surface area contributed by atoms with Crippen LogP contribution in [-0.4, -0.2) is 38.8 Å². The van der Waals surface area contributed by atoms with Crippen LogP contribution in [0.4, 0.5) is 0 Å². The number of quaternary nitrogens is 1. The second-order valence-corrected chi connectivity index (χ2v) is 3.24. The summed E-state index contributed by atoms with van der Waals surface area (Å²) < 4.78 is 0.976. The van der Waals surface area contributed by atoms with Gasteiger partial charge in [0.25, 0.3) is 0 Å². The van der Waals surface area contributed by atoms with E-state index in [1.807, 2.05) is 0 Å². The highest BCUT2D eigenvalue weighted by atomic mass is 35.5. The highest BCUT2D eigenvalue weighted by Crippen LogP contribution is 1.91. The van der Waals surface area contributed by atoms with Gasteiger partial charge in [-0.1, -0.05) is 0 Å². The van der Waals surface area contributed by atoms with E-state index >= 15 is 0 Å². The van der Waals surface area contributed by atoms with E-state index in [0.29, 0.717) is 6.61 Å². The molecular weight excluding hydrogens is 152 g/mol. The molecule has 0 saturated carbocycles. The summed E-state index contributed by atoms with van der Waals surface area (Å²) >= 11 is 0. The van der Waals surface area contributed by atoms with Gasteiger partial charge in [-0.05, 0) is 0 Å². The highest BCUT2D eigenvalue weighted by Gasteiger charge is 2.04. The predicted molar refractivity (Wildman–Crippen MR) is 37.7 cm³/mol. The first kappa shape index (κ1) is 12.8. The molecule has 64 valence electrons. The van der Waals surface area contributed by atoms with Gasteiger partial charge in [0, 0.05) is 6.42 Å². The average Bonchev–Trinajstić information content (AvgIpc) is 1.63. The van der Waals surface area contributed by atoms with Crippen LogP contribution in [0.25, 0.3) is 0 Å². The van der Waals surface area contributed by atoms with Gasteiger partial charge in [-0.15, -0.1) is 0 Å². The maximum atomic E-state index is 4.85. The van der Waals surface area contributed by atoms with Crippen molar-refractivity contribution in [2.24, 2.45) is 5.90 Å². The summed E-state index contributed by atoms with van der Waals surface area (Å²) in [6.07, 6.45) is 1.03. The van der Waals surface area contributed by atoms with Gasteiger partial charge in [-0.3, -0.25) is 0 Å². The lowest BCUT2D eigenvalue weighted by atomic mass is 10.4. The molecule has 0 atom stereocenters. The summed E-state index contributed by atoms with van der Waals surface area (Å²) in [5, 5.41) is 0. The molecule has 0 heterocycles. The van der Waals surface area contributed by atoms with Crippen molar-refractivity contribution in [3.8, 4) is 0 Å². The van der Waals surface area contributed by atoms with Crippen LogP contribution >= 0.6 is 0 Å². The molecule has 0 rings (SSSR count). The quantitative estimate of drug-likeness (QED) is 0.276. The summed E-state index contributed by atoms with van der Waals surface area (Å²) in [5.41, 5.74) is 0. The number of hydrogen-bond acceptors (Lipinski definition) is 2. The normalized spacial score (nSPS) is 10.8. The first-order valence-electron chi connectivity index (χ1n) is 3.18. The van der Waals surface area contributed by atoms with E-state index in [2.05, 4.69) is 26.0 Å². The largest absolute Gasteiger partial charge is 1.00 e. The molecular formula is C6H17ClN2O. The summed E-state index contributed by atoms with van der Waals surface area (Å²) in [7, 11) is 6.45. The predicted octanol–water partition coefficient (Wildman–Crippen LogP) is -3.02. The van der Waals surface area contributed by atoms with Crippen molar-refractivity contribution < 1.29 is 21.7 Å². The van der Waals surface area contributed by atoms with Crippen molar-refractivity contribution in [3.63, 3.8) is 0 Å². The zero-order chi connectivity index (χ0) is 7.33. The zero-order valence-corrected chi connectivity index (χ0v) is 7.69. The van der Waals surface area contributed by atoms with E-state index in [1.165, 1.54) is 0 Å². The summed E-state index contributed by atoms with van der Waals surface area (Å²) in [6.45, 7) is 1.77. The van der Waals surface area contributed by atoms with Crippen LogP contribution in [0.15, 0.2) is 0 Å². The molecule has 0 spiro atoms. The van der Waals surface area contributed by atoms with E-state index < -0.39 is 0 Å². The van der Waals surface area contributed by atoms with Gasteiger partial charge in [0.2, 0.25) is 0 Å². The molecule has 4 heteroatoms. The third-order valence-corrected chi connectivity index (χ3v) is 1.09. The Morgan fingerprint density at radius 1 is 1.30 bits per heavy atom.